The molecule has 4 atom stereocenters. The molecule has 1 aliphatic heterocycles. The molecule has 15 heavy (non-hydrogen) atoms. The molecule has 7 heteroatoms. The van der Waals surface area contributed by atoms with Crippen LogP contribution in [0.3, 0.4) is 0 Å². The molecule has 0 aliphatic carbocycles. The fraction of sp³-hybridized carbons (Fsp3) is 0.875. The minimum atomic E-state index is -2.76. The molecule has 5 nitrogen and oxygen atoms in total. The summed E-state index contributed by atoms with van der Waals surface area (Å²) in [5.41, 5.74) is 0. The highest BCUT2D eigenvalue weighted by atomic mass is 19.3. The van der Waals surface area contributed by atoms with E-state index in [1.165, 1.54) is 6.92 Å². The van der Waals surface area contributed by atoms with Crippen LogP contribution in [0.15, 0.2) is 0 Å². The van der Waals surface area contributed by atoms with Crippen molar-refractivity contribution in [1.29, 1.82) is 0 Å². The van der Waals surface area contributed by atoms with Crippen LogP contribution in [0, 0.1) is 0 Å². The Balaban J connectivity index is 2.60. The number of amides is 1. The SMILES string of the molecule is CC(=O)N[C@H]1CNC(C(F)F)[C@@H](O)[C@@H]1O. The molecule has 1 rings (SSSR count). The number of hydrogen-bond acceptors (Lipinski definition) is 4. The summed E-state index contributed by atoms with van der Waals surface area (Å²) in [6.07, 6.45) is -5.72. The molecule has 0 spiro atoms. The first-order valence-corrected chi connectivity index (χ1v) is 4.58. The number of aliphatic hydroxyl groups excluding tert-OH is 2. The first-order chi connectivity index (χ1) is 6.93. The van der Waals surface area contributed by atoms with Gasteiger partial charge in [-0.3, -0.25) is 4.79 Å². The lowest BCUT2D eigenvalue weighted by atomic mass is 9.94. The summed E-state index contributed by atoms with van der Waals surface area (Å²) < 4.78 is 24.6. The van der Waals surface area contributed by atoms with Crippen molar-refractivity contribution >= 4 is 5.91 Å². The Morgan fingerprint density at radius 2 is 2.07 bits per heavy atom. The van der Waals surface area contributed by atoms with Crippen LogP contribution < -0.4 is 10.6 Å². The van der Waals surface area contributed by atoms with Gasteiger partial charge in [-0.2, -0.15) is 0 Å². The third-order valence-corrected chi connectivity index (χ3v) is 2.36. The van der Waals surface area contributed by atoms with E-state index in [1.54, 1.807) is 0 Å². The van der Waals surface area contributed by atoms with E-state index in [2.05, 4.69) is 10.6 Å². The van der Waals surface area contributed by atoms with Gasteiger partial charge in [-0.05, 0) is 0 Å². The van der Waals surface area contributed by atoms with Gasteiger partial charge in [0.25, 0.3) is 6.43 Å². The van der Waals surface area contributed by atoms with Gasteiger partial charge in [-0.25, -0.2) is 8.78 Å². The van der Waals surface area contributed by atoms with E-state index in [0.717, 1.165) is 0 Å². The standard InChI is InChI=1S/C8H14F2N2O3/c1-3(13)12-4-2-11-5(8(9)10)7(15)6(4)14/h4-8,11,14-15H,2H2,1H3,(H,12,13)/t4-,5?,6+,7+/m0/s1. The summed E-state index contributed by atoms with van der Waals surface area (Å²) in [5, 5.41) is 23.6. The number of aliphatic hydroxyl groups is 2. The van der Waals surface area contributed by atoms with Gasteiger partial charge in [-0.1, -0.05) is 0 Å². The van der Waals surface area contributed by atoms with Gasteiger partial charge >= 0.3 is 0 Å². The van der Waals surface area contributed by atoms with Gasteiger partial charge in [0.15, 0.2) is 0 Å². The highest BCUT2D eigenvalue weighted by Gasteiger charge is 2.41. The third kappa shape index (κ3) is 2.83. The van der Waals surface area contributed by atoms with Gasteiger partial charge in [0, 0.05) is 13.5 Å². The van der Waals surface area contributed by atoms with Crippen LogP contribution in [0.2, 0.25) is 0 Å². The molecule has 1 saturated heterocycles. The second-order valence-corrected chi connectivity index (χ2v) is 3.56. The van der Waals surface area contributed by atoms with Crippen LogP contribution in [0.25, 0.3) is 0 Å². The molecule has 0 aromatic carbocycles. The van der Waals surface area contributed by atoms with Gasteiger partial charge < -0.3 is 20.8 Å². The van der Waals surface area contributed by atoms with Crippen LogP contribution in [-0.2, 0) is 4.79 Å². The average molecular weight is 224 g/mol. The summed E-state index contributed by atoms with van der Waals surface area (Å²) in [6, 6.07) is -2.20. The van der Waals surface area contributed by atoms with Crippen LogP contribution in [0.5, 0.6) is 0 Å². The molecule has 1 heterocycles. The zero-order chi connectivity index (χ0) is 11.6. The molecule has 0 aromatic heterocycles. The number of piperidine rings is 1. The van der Waals surface area contributed by atoms with Crippen LogP contribution in [0.4, 0.5) is 8.78 Å². The molecule has 88 valence electrons. The largest absolute Gasteiger partial charge is 0.388 e. The summed E-state index contributed by atoms with van der Waals surface area (Å²) in [7, 11) is 0. The lowest BCUT2D eigenvalue weighted by molar-refractivity contribution is -0.124. The minimum absolute atomic E-state index is 0.00676. The van der Waals surface area contributed by atoms with Crippen LogP contribution in [0.1, 0.15) is 6.92 Å². The van der Waals surface area contributed by atoms with E-state index in [1.807, 2.05) is 0 Å². The molecular weight excluding hydrogens is 210 g/mol. The van der Waals surface area contributed by atoms with E-state index < -0.39 is 30.7 Å². The van der Waals surface area contributed by atoms with Crippen molar-refractivity contribution in [3.63, 3.8) is 0 Å². The Morgan fingerprint density at radius 1 is 1.47 bits per heavy atom. The summed E-state index contributed by atoms with van der Waals surface area (Å²) in [4.78, 5) is 10.7. The Morgan fingerprint density at radius 3 is 2.53 bits per heavy atom. The maximum atomic E-state index is 12.3. The van der Waals surface area contributed by atoms with Crippen molar-refractivity contribution in [2.45, 2.75) is 37.6 Å². The van der Waals surface area contributed by atoms with E-state index in [0.29, 0.717) is 0 Å². The molecule has 1 amide bonds. The molecular formula is C8H14F2N2O3. The average Bonchev–Trinajstić information content (AvgIpc) is 2.12. The monoisotopic (exact) mass is 224 g/mol. The molecule has 1 unspecified atom stereocenters. The van der Waals surface area contributed by atoms with Crippen molar-refractivity contribution in [2.75, 3.05) is 6.54 Å². The van der Waals surface area contributed by atoms with Gasteiger partial charge in [-0.15, -0.1) is 0 Å². The molecule has 1 fully saturated rings. The summed E-state index contributed by atoms with van der Waals surface area (Å²) in [5.74, 6) is -0.386. The first-order valence-electron chi connectivity index (χ1n) is 4.58. The second kappa shape index (κ2) is 4.82. The number of rotatable bonds is 2. The number of carbonyl (C=O) groups excluding carboxylic acids is 1. The number of halogens is 2. The maximum Gasteiger partial charge on any atom is 0.256 e. The second-order valence-electron chi connectivity index (χ2n) is 3.56. The fourth-order valence-electron chi connectivity index (χ4n) is 1.59. The normalized spacial score (nSPS) is 36.7. The van der Waals surface area contributed by atoms with Crippen molar-refractivity contribution in [1.82, 2.24) is 10.6 Å². The lowest BCUT2D eigenvalue weighted by Gasteiger charge is -2.38. The van der Waals surface area contributed by atoms with Crippen molar-refractivity contribution in [2.24, 2.45) is 0 Å². The third-order valence-electron chi connectivity index (χ3n) is 2.36. The van der Waals surface area contributed by atoms with E-state index in [4.69, 9.17) is 0 Å². The zero-order valence-corrected chi connectivity index (χ0v) is 8.15. The maximum absolute atomic E-state index is 12.3. The first kappa shape index (κ1) is 12.3. The number of hydrogen-bond donors (Lipinski definition) is 4. The molecule has 0 bridgehead atoms. The topological polar surface area (TPSA) is 81.6 Å². The number of alkyl halides is 2. The number of carbonyl (C=O) groups is 1. The molecule has 0 radical (unpaired) electrons. The van der Waals surface area contributed by atoms with E-state index >= 15 is 0 Å². The number of nitrogens with one attached hydrogen (secondary N) is 2. The quantitative estimate of drug-likeness (QED) is 0.458. The van der Waals surface area contributed by atoms with Crippen molar-refractivity contribution in [3.8, 4) is 0 Å². The smallest absolute Gasteiger partial charge is 0.256 e. The highest BCUT2D eigenvalue weighted by molar-refractivity contribution is 5.73. The van der Waals surface area contributed by atoms with E-state index in [-0.39, 0.29) is 12.5 Å². The Bertz CT molecular complexity index is 240. The van der Waals surface area contributed by atoms with Gasteiger partial charge in [0.2, 0.25) is 5.91 Å². The Labute approximate surface area is 85.5 Å². The lowest BCUT2D eigenvalue weighted by Crippen LogP contribution is -2.66. The summed E-state index contributed by atoms with van der Waals surface area (Å²) >= 11 is 0. The van der Waals surface area contributed by atoms with Crippen LogP contribution in [-0.4, -0.2) is 53.4 Å². The summed E-state index contributed by atoms with van der Waals surface area (Å²) in [6.45, 7) is 1.26. The minimum Gasteiger partial charge on any atom is -0.388 e. The molecule has 1 aliphatic rings. The Hall–Kier alpha value is -0.790. The van der Waals surface area contributed by atoms with Crippen molar-refractivity contribution in [3.05, 3.63) is 0 Å². The Kier molecular flexibility index (Phi) is 3.95. The predicted octanol–water partition coefficient (Wildman–Crippen LogP) is -1.55. The molecule has 0 saturated carbocycles. The predicted molar refractivity (Wildman–Crippen MR) is 47.4 cm³/mol. The molecule has 0 aromatic rings. The fourth-order valence-corrected chi connectivity index (χ4v) is 1.59. The van der Waals surface area contributed by atoms with Crippen LogP contribution >= 0.6 is 0 Å². The zero-order valence-electron chi connectivity index (χ0n) is 8.15. The molecule has 4 N–H and O–H groups in total. The van der Waals surface area contributed by atoms with E-state index in [9.17, 15) is 23.8 Å². The van der Waals surface area contributed by atoms with Crippen molar-refractivity contribution < 1.29 is 23.8 Å². The van der Waals surface area contributed by atoms with Gasteiger partial charge in [0.05, 0.1) is 12.1 Å². The highest BCUT2D eigenvalue weighted by Crippen LogP contribution is 2.16. The van der Waals surface area contributed by atoms with Gasteiger partial charge in [0.1, 0.15) is 12.2 Å².